The van der Waals surface area contributed by atoms with Crippen LogP contribution in [0.4, 0.5) is 0 Å². The summed E-state index contributed by atoms with van der Waals surface area (Å²) in [4.78, 5) is 0.189. The van der Waals surface area contributed by atoms with Gasteiger partial charge in [-0.3, -0.25) is 0 Å². The van der Waals surface area contributed by atoms with Gasteiger partial charge in [-0.25, -0.2) is 8.42 Å². The normalized spacial score (nSPS) is 12.1. The fraction of sp³-hybridized carbons (Fsp3) is 0.571. The van der Waals surface area contributed by atoms with E-state index < -0.39 is 10.0 Å². The first kappa shape index (κ1) is 18.0. The fourth-order valence-corrected chi connectivity index (χ4v) is 4.37. The van der Waals surface area contributed by atoms with Gasteiger partial charge in [0, 0.05) is 17.6 Å². The van der Waals surface area contributed by atoms with Gasteiger partial charge in [-0.15, -0.1) is 0 Å². The molecule has 0 amide bonds. The van der Waals surface area contributed by atoms with Crippen molar-refractivity contribution in [3.8, 4) is 0 Å². The highest BCUT2D eigenvalue weighted by Gasteiger charge is 2.25. The molecule has 0 aliphatic carbocycles. The standard InChI is InChI=1S/C14H21BrClNO2S/c1-3-5-9-17(10-6-4-2)20(18,19)14-8-7-12(15)11-13(14)16/h7-8,11H,3-6,9-10H2,1-2H3. The Hall–Kier alpha value is -0.100. The summed E-state index contributed by atoms with van der Waals surface area (Å²) in [7, 11) is -3.51. The van der Waals surface area contributed by atoms with E-state index in [1.165, 1.54) is 0 Å². The third-order valence-corrected chi connectivity index (χ3v) is 5.91. The molecule has 1 aromatic carbocycles. The molecule has 0 saturated heterocycles. The van der Waals surface area contributed by atoms with Crippen LogP contribution in [0.2, 0.25) is 5.02 Å². The van der Waals surface area contributed by atoms with Crippen LogP contribution in [0.1, 0.15) is 39.5 Å². The summed E-state index contributed by atoms with van der Waals surface area (Å²) in [6, 6.07) is 4.88. The predicted octanol–water partition coefficient (Wildman–Crippen LogP) is 4.69. The van der Waals surface area contributed by atoms with Crippen LogP contribution in [0.25, 0.3) is 0 Å². The van der Waals surface area contributed by atoms with Crippen molar-refractivity contribution in [3.63, 3.8) is 0 Å². The van der Waals surface area contributed by atoms with Crippen molar-refractivity contribution >= 4 is 37.6 Å². The van der Waals surface area contributed by atoms with Crippen LogP contribution < -0.4 is 0 Å². The van der Waals surface area contributed by atoms with Crippen molar-refractivity contribution in [2.45, 2.75) is 44.4 Å². The summed E-state index contributed by atoms with van der Waals surface area (Å²) in [5, 5.41) is 0.261. The molecule has 1 rings (SSSR count). The van der Waals surface area contributed by atoms with Crippen molar-refractivity contribution < 1.29 is 8.42 Å². The van der Waals surface area contributed by atoms with Gasteiger partial charge < -0.3 is 0 Å². The smallest absolute Gasteiger partial charge is 0.207 e. The molecule has 0 N–H and O–H groups in total. The number of halogens is 2. The molecule has 0 heterocycles. The summed E-state index contributed by atoms with van der Waals surface area (Å²) >= 11 is 9.38. The minimum atomic E-state index is -3.51. The number of hydrogen-bond donors (Lipinski definition) is 0. The quantitative estimate of drug-likeness (QED) is 0.654. The van der Waals surface area contributed by atoms with E-state index in [1.807, 2.05) is 0 Å². The second kappa shape index (κ2) is 8.37. The molecule has 0 aliphatic heterocycles. The fourth-order valence-electron chi connectivity index (χ4n) is 1.84. The summed E-state index contributed by atoms with van der Waals surface area (Å²) < 4.78 is 27.7. The molecule has 0 aliphatic rings. The maximum absolute atomic E-state index is 12.7. The van der Waals surface area contributed by atoms with Gasteiger partial charge in [0.2, 0.25) is 10.0 Å². The van der Waals surface area contributed by atoms with Gasteiger partial charge in [0.1, 0.15) is 4.90 Å². The zero-order chi connectivity index (χ0) is 15.2. The number of nitrogens with zero attached hydrogens (tertiary/aromatic N) is 1. The Balaban J connectivity index is 3.07. The molecule has 114 valence electrons. The first-order valence-corrected chi connectivity index (χ1v) is 9.49. The van der Waals surface area contributed by atoms with Crippen LogP contribution in [0.3, 0.4) is 0 Å². The van der Waals surface area contributed by atoms with E-state index in [9.17, 15) is 8.42 Å². The summed E-state index contributed by atoms with van der Waals surface area (Å²) in [6.07, 6.45) is 3.65. The van der Waals surface area contributed by atoms with E-state index in [0.717, 1.165) is 30.2 Å². The molecular formula is C14H21BrClNO2S. The van der Waals surface area contributed by atoms with E-state index in [4.69, 9.17) is 11.6 Å². The molecular weight excluding hydrogens is 362 g/mol. The highest BCUT2D eigenvalue weighted by atomic mass is 79.9. The number of rotatable bonds is 8. The third-order valence-electron chi connectivity index (χ3n) is 3.03. The van der Waals surface area contributed by atoms with Gasteiger partial charge >= 0.3 is 0 Å². The second-order valence-electron chi connectivity index (χ2n) is 4.69. The Bertz CT molecular complexity index is 526. The van der Waals surface area contributed by atoms with Crippen LogP contribution in [-0.2, 0) is 10.0 Å². The highest BCUT2D eigenvalue weighted by molar-refractivity contribution is 9.10. The number of unbranched alkanes of at least 4 members (excludes halogenated alkanes) is 2. The largest absolute Gasteiger partial charge is 0.244 e. The molecule has 0 radical (unpaired) electrons. The lowest BCUT2D eigenvalue weighted by Gasteiger charge is -2.22. The van der Waals surface area contributed by atoms with E-state index in [1.54, 1.807) is 22.5 Å². The molecule has 20 heavy (non-hydrogen) atoms. The van der Waals surface area contributed by atoms with Crippen LogP contribution in [0.15, 0.2) is 27.6 Å². The predicted molar refractivity (Wildman–Crippen MR) is 87.7 cm³/mol. The van der Waals surface area contributed by atoms with Gasteiger partial charge in [0.15, 0.2) is 0 Å². The molecule has 6 heteroatoms. The topological polar surface area (TPSA) is 37.4 Å². The average molecular weight is 383 g/mol. The van der Waals surface area contributed by atoms with Gasteiger partial charge in [0.25, 0.3) is 0 Å². The number of hydrogen-bond acceptors (Lipinski definition) is 2. The van der Waals surface area contributed by atoms with E-state index in [-0.39, 0.29) is 9.92 Å². The lowest BCUT2D eigenvalue weighted by atomic mass is 10.3. The van der Waals surface area contributed by atoms with Gasteiger partial charge in [-0.1, -0.05) is 54.2 Å². The SMILES string of the molecule is CCCCN(CCCC)S(=O)(=O)c1ccc(Br)cc1Cl. The number of sulfonamides is 1. The molecule has 0 saturated carbocycles. The zero-order valence-corrected chi connectivity index (χ0v) is 15.1. The van der Waals surface area contributed by atoms with Crippen molar-refractivity contribution in [1.82, 2.24) is 4.31 Å². The Morgan fingerprint density at radius 3 is 2.15 bits per heavy atom. The molecule has 0 spiro atoms. The molecule has 0 aromatic heterocycles. The van der Waals surface area contributed by atoms with Crippen LogP contribution >= 0.6 is 27.5 Å². The molecule has 3 nitrogen and oxygen atoms in total. The van der Waals surface area contributed by atoms with E-state index in [0.29, 0.717) is 13.1 Å². The maximum atomic E-state index is 12.7. The van der Waals surface area contributed by atoms with Crippen LogP contribution in [-0.4, -0.2) is 25.8 Å². The van der Waals surface area contributed by atoms with E-state index in [2.05, 4.69) is 29.8 Å². The van der Waals surface area contributed by atoms with Crippen molar-refractivity contribution in [2.24, 2.45) is 0 Å². The molecule has 1 aromatic rings. The molecule has 0 atom stereocenters. The lowest BCUT2D eigenvalue weighted by Crippen LogP contribution is -2.33. The summed E-state index contributed by atoms with van der Waals surface area (Å²) in [6.45, 7) is 5.20. The van der Waals surface area contributed by atoms with Crippen molar-refractivity contribution in [2.75, 3.05) is 13.1 Å². The van der Waals surface area contributed by atoms with E-state index >= 15 is 0 Å². The molecule has 0 unspecified atom stereocenters. The van der Waals surface area contributed by atoms with Crippen molar-refractivity contribution in [3.05, 3.63) is 27.7 Å². The van der Waals surface area contributed by atoms with Crippen LogP contribution in [0, 0.1) is 0 Å². The first-order chi connectivity index (χ1) is 9.43. The summed E-state index contributed by atoms with van der Waals surface area (Å²) in [5.41, 5.74) is 0. The lowest BCUT2D eigenvalue weighted by molar-refractivity contribution is 0.395. The summed E-state index contributed by atoms with van der Waals surface area (Å²) in [5.74, 6) is 0. The average Bonchev–Trinajstić information content (AvgIpc) is 2.38. The molecule has 0 bridgehead atoms. The first-order valence-electron chi connectivity index (χ1n) is 6.88. The molecule has 0 fully saturated rings. The number of benzene rings is 1. The zero-order valence-electron chi connectivity index (χ0n) is 11.9. The highest BCUT2D eigenvalue weighted by Crippen LogP contribution is 2.28. The van der Waals surface area contributed by atoms with Gasteiger partial charge in [0.05, 0.1) is 5.02 Å². The van der Waals surface area contributed by atoms with Crippen molar-refractivity contribution in [1.29, 1.82) is 0 Å². The maximum Gasteiger partial charge on any atom is 0.244 e. The van der Waals surface area contributed by atoms with Gasteiger partial charge in [-0.2, -0.15) is 4.31 Å². The Morgan fingerprint density at radius 1 is 1.15 bits per heavy atom. The monoisotopic (exact) mass is 381 g/mol. The minimum Gasteiger partial charge on any atom is -0.207 e. The van der Waals surface area contributed by atoms with Gasteiger partial charge in [-0.05, 0) is 31.0 Å². The third kappa shape index (κ3) is 4.72. The Kier molecular flexibility index (Phi) is 7.51. The Morgan fingerprint density at radius 2 is 1.70 bits per heavy atom. The second-order valence-corrected chi connectivity index (χ2v) is 7.92. The van der Waals surface area contributed by atoms with Crippen LogP contribution in [0.5, 0.6) is 0 Å². The minimum absolute atomic E-state index is 0.189. The Labute approximate surface area is 135 Å².